The van der Waals surface area contributed by atoms with Crippen molar-refractivity contribution in [1.82, 2.24) is 25.0 Å². The standard InChI is InChI=1S/C10H9N7/c11-8-7-9(14-10(12)13-8)16-17(15-7)6-4-2-1-3-5-6/h1-5H,(H4,11,12,13,14,16). The Bertz CT molecular complexity index is 674. The van der Waals surface area contributed by atoms with Crippen LogP contribution in [0.25, 0.3) is 16.9 Å². The van der Waals surface area contributed by atoms with Crippen molar-refractivity contribution >= 4 is 22.9 Å². The fraction of sp³-hybridized carbons (Fsp3) is 0. The summed E-state index contributed by atoms with van der Waals surface area (Å²) in [5, 5.41) is 8.42. The molecular weight excluding hydrogens is 218 g/mol. The molecule has 4 N–H and O–H groups in total. The number of hydrogen-bond donors (Lipinski definition) is 2. The van der Waals surface area contributed by atoms with Crippen molar-refractivity contribution in [2.45, 2.75) is 0 Å². The number of aromatic nitrogens is 5. The molecule has 0 aliphatic carbocycles. The fourth-order valence-corrected chi connectivity index (χ4v) is 1.53. The number of nitrogens with two attached hydrogens (primary N) is 2. The third-order valence-corrected chi connectivity index (χ3v) is 2.28. The summed E-state index contributed by atoms with van der Waals surface area (Å²) >= 11 is 0. The molecule has 0 saturated carbocycles. The van der Waals surface area contributed by atoms with Gasteiger partial charge in [0.1, 0.15) is 0 Å². The number of para-hydroxylation sites is 1. The lowest BCUT2D eigenvalue weighted by atomic mass is 10.3. The molecule has 0 aliphatic heterocycles. The highest BCUT2D eigenvalue weighted by Crippen LogP contribution is 2.15. The third kappa shape index (κ3) is 1.53. The summed E-state index contributed by atoms with van der Waals surface area (Å²) in [5.74, 6) is 0.324. The second kappa shape index (κ2) is 3.41. The van der Waals surface area contributed by atoms with E-state index in [9.17, 15) is 0 Å². The Morgan fingerprint density at radius 1 is 0.941 bits per heavy atom. The van der Waals surface area contributed by atoms with Crippen LogP contribution in [0.4, 0.5) is 11.8 Å². The largest absolute Gasteiger partial charge is 0.382 e. The first-order valence-electron chi connectivity index (χ1n) is 4.95. The summed E-state index contributed by atoms with van der Waals surface area (Å²) in [4.78, 5) is 9.27. The molecule has 3 aromatic rings. The van der Waals surface area contributed by atoms with E-state index in [4.69, 9.17) is 11.5 Å². The maximum atomic E-state index is 5.70. The molecule has 84 valence electrons. The monoisotopic (exact) mass is 227 g/mol. The zero-order chi connectivity index (χ0) is 11.8. The summed E-state index contributed by atoms with van der Waals surface area (Å²) < 4.78 is 0. The Morgan fingerprint density at radius 3 is 2.47 bits per heavy atom. The van der Waals surface area contributed by atoms with E-state index in [2.05, 4.69) is 20.2 Å². The minimum atomic E-state index is 0.0927. The van der Waals surface area contributed by atoms with Gasteiger partial charge >= 0.3 is 0 Å². The van der Waals surface area contributed by atoms with Crippen molar-refractivity contribution in [3.63, 3.8) is 0 Å². The average Bonchev–Trinajstić information content (AvgIpc) is 2.74. The number of nitrogen functional groups attached to an aromatic ring is 2. The van der Waals surface area contributed by atoms with Gasteiger partial charge in [-0.05, 0) is 12.1 Å². The lowest BCUT2D eigenvalue weighted by Gasteiger charge is -1.95. The third-order valence-electron chi connectivity index (χ3n) is 2.28. The smallest absolute Gasteiger partial charge is 0.224 e. The van der Waals surface area contributed by atoms with Crippen LogP contribution < -0.4 is 11.5 Å². The molecule has 0 aliphatic rings. The molecule has 0 radical (unpaired) electrons. The molecule has 0 saturated heterocycles. The van der Waals surface area contributed by atoms with Gasteiger partial charge in [-0.15, -0.1) is 15.0 Å². The molecular formula is C10H9N7. The van der Waals surface area contributed by atoms with Crippen molar-refractivity contribution in [2.24, 2.45) is 0 Å². The van der Waals surface area contributed by atoms with Crippen LogP contribution in [0.5, 0.6) is 0 Å². The number of benzene rings is 1. The first kappa shape index (κ1) is 9.52. The summed E-state index contributed by atoms with van der Waals surface area (Å²) in [6.07, 6.45) is 0. The van der Waals surface area contributed by atoms with E-state index in [1.807, 2.05) is 30.3 Å². The van der Waals surface area contributed by atoms with E-state index in [0.717, 1.165) is 5.69 Å². The topological polar surface area (TPSA) is 109 Å². The van der Waals surface area contributed by atoms with Gasteiger partial charge in [0.25, 0.3) is 0 Å². The van der Waals surface area contributed by atoms with Crippen molar-refractivity contribution in [3.05, 3.63) is 30.3 Å². The molecule has 1 aromatic carbocycles. The van der Waals surface area contributed by atoms with Crippen LogP contribution in [0.2, 0.25) is 0 Å². The van der Waals surface area contributed by atoms with Crippen molar-refractivity contribution < 1.29 is 0 Å². The Kier molecular flexibility index (Phi) is 1.91. The molecule has 0 amide bonds. The maximum Gasteiger partial charge on any atom is 0.224 e. The minimum Gasteiger partial charge on any atom is -0.382 e. The molecule has 2 heterocycles. The van der Waals surface area contributed by atoms with Gasteiger partial charge < -0.3 is 11.5 Å². The number of hydrogen-bond acceptors (Lipinski definition) is 6. The summed E-state index contributed by atoms with van der Waals surface area (Å²) in [6.45, 7) is 0. The van der Waals surface area contributed by atoms with E-state index in [1.165, 1.54) is 4.80 Å². The number of anilines is 2. The van der Waals surface area contributed by atoms with Gasteiger partial charge in [-0.25, -0.2) is 0 Å². The quantitative estimate of drug-likeness (QED) is 0.621. The van der Waals surface area contributed by atoms with Crippen LogP contribution in [-0.2, 0) is 0 Å². The molecule has 0 spiro atoms. The summed E-state index contributed by atoms with van der Waals surface area (Å²) in [5.41, 5.74) is 12.9. The van der Waals surface area contributed by atoms with Crippen molar-refractivity contribution in [1.29, 1.82) is 0 Å². The lowest BCUT2D eigenvalue weighted by molar-refractivity contribution is 0.763. The molecule has 7 heteroatoms. The first-order valence-corrected chi connectivity index (χ1v) is 4.95. The van der Waals surface area contributed by atoms with Crippen LogP contribution >= 0.6 is 0 Å². The highest BCUT2D eigenvalue weighted by molar-refractivity contribution is 5.81. The number of fused-ring (bicyclic) bond motifs is 1. The van der Waals surface area contributed by atoms with Crippen LogP contribution in [-0.4, -0.2) is 25.0 Å². The zero-order valence-electron chi connectivity index (χ0n) is 8.78. The minimum absolute atomic E-state index is 0.0927. The Morgan fingerprint density at radius 2 is 1.71 bits per heavy atom. The highest BCUT2D eigenvalue weighted by Gasteiger charge is 2.10. The van der Waals surface area contributed by atoms with E-state index >= 15 is 0 Å². The van der Waals surface area contributed by atoms with Gasteiger partial charge in [0, 0.05) is 0 Å². The Hall–Kier alpha value is -2.70. The van der Waals surface area contributed by atoms with Crippen LogP contribution in [0.1, 0.15) is 0 Å². The average molecular weight is 227 g/mol. The highest BCUT2D eigenvalue weighted by atomic mass is 15.5. The van der Waals surface area contributed by atoms with Gasteiger partial charge in [0.15, 0.2) is 11.3 Å². The van der Waals surface area contributed by atoms with Gasteiger partial charge in [0.2, 0.25) is 11.6 Å². The maximum absolute atomic E-state index is 5.70. The fourth-order valence-electron chi connectivity index (χ4n) is 1.53. The zero-order valence-corrected chi connectivity index (χ0v) is 8.78. The molecule has 17 heavy (non-hydrogen) atoms. The van der Waals surface area contributed by atoms with E-state index in [1.54, 1.807) is 0 Å². The SMILES string of the molecule is Nc1nc(N)c2nn(-c3ccccc3)nc2n1. The van der Waals surface area contributed by atoms with Crippen LogP contribution in [0.15, 0.2) is 30.3 Å². The van der Waals surface area contributed by atoms with Gasteiger partial charge in [-0.2, -0.15) is 9.97 Å². The predicted octanol–water partition coefficient (Wildman–Crippen LogP) is 0.375. The first-order chi connectivity index (χ1) is 8.24. The van der Waals surface area contributed by atoms with Gasteiger partial charge in [0.05, 0.1) is 5.69 Å². The van der Waals surface area contributed by atoms with E-state index in [-0.39, 0.29) is 11.8 Å². The molecule has 2 aromatic heterocycles. The molecule has 0 unspecified atom stereocenters. The van der Waals surface area contributed by atoms with Crippen molar-refractivity contribution in [2.75, 3.05) is 11.5 Å². The predicted molar refractivity (Wildman–Crippen MR) is 63.3 cm³/mol. The molecule has 0 bridgehead atoms. The molecule has 3 rings (SSSR count). The second-order valence-corrected chi connectivity index (χ2v) is 3.46. The molecule has 7 nitrogen and oxygen atoms in total. The summed E-state index contributed by atoms with van der Waals surface area (Å²) in [7, 11) is 0. The number of nitrogens with zero attached hydrogens (tertiary/aromatic N) is 5. The Balaban J connectivity index is 2.24. The Labute approximate surface area is 96.1 Å². The van der Waals surface area contributed by atoms with E-state index in [0.29, 0.717) is 11.2 Å². The van der Waals surface area contributed by atoms with Crippen LogP contribution in [0, 0.1) is 0 Å². The summed E-state index contributed by atoms with van der Waals surface area (Å²) in [6, 6.07) is 9.47. The second-order valence-electron chi connectivity index (χ2n) is 3.46. The molecule has 0 fully saturated rings. The molecule has 0 atom stereocenters. The van der Waals surface area contributed by atoms with Gasteiger partial charge in [-0.3, -0.25) is 0 Å². The van der Waals surface area contributed by atoms with Gasteiger partial charge in [-0.1, -0.05) is 18.2 Å². The van der Waals surface area contributed by atoms with E-state index < -0.39 is 0 Å². The lowest BCUT2D eigenvalue weighted by Crippen LogP contribution is -1.99. The van der Waals surface area contributed by atoms with Crippen molar-refractivity contribution in [3.8, 4) is 5.69 Å². The number of rotatable bonds is 1. The normalized spacial score (nSPS) is 10.8. The van der Waals surface area contributed by atoms with Crippen LogP contribution in [0.3, 0.4) is 0 Å².